The first-order valence-corrected chi connectivity index (χ1v) is 7.77. The summed E-state index contributed by atoms with van der Waals surface area (Å²) in [6.45, 7) is 1.01. The normalized spacial score (nSPS) is 24.6. The molecule has 2 aromatic carbocycles. The summed E-state index contributed by atoms with van der Waals surface area (Å²) in [6, 6.07) is 20.7. The van der Waals surface area contributed by atoms with Gasteiger partial charge in [0.1, 0.15) is 0 Å². The van der Waals surface area contributed by atoms with Crippen LogP contribution < -0.4 is 5.32 Å². The molecule has 2 aromatic rings. The maximum absolute atomic E-state index is 3.71. The van der Waals surface area contributed by atoms with E-state index in [1.807, 2.05) is 0 Å². The third-order valence-electron chi connectivity index (χ3n) is 4.59. The fourth-order valence-electron chi connectivity index (χ4n) is 3.11. The van der Waals surface area contributed by atoms with E-state index in [-0.39, 0.29) is 0 Å². The zero-order valence-electron chi connectivity index (χ0n) is 11.8. The second kappa shape index (κ2) is 5.06. The molecular formula is C19H21N. The zero-order chi connectivity index (χ0) is 13.4. The molecule has 0 amide bonds. The van der Waals surface area contributed by atoms with Crippen molar-refractivity contribution in [1.82, 2.24) is 5.32 Å². The van der Waals surface area contributed by atoms with Crippen LogP contribution >= 0.6 is 0 Å². The van der Waals surface area contributed by atoms with Gasteiger partial charge in [-0.3, -0.25) is 0 Å². The predicted octanol–water partition coefficient (Wildman–Crippen LogP) is 4.21. The summed E-state index contributed by atoms with van der Waals surface area (Å²) in [7, 11) is 0. The minimum Gasteiger partial charge on any atom is -0.309 e. The molecule has 0 saturated heterocycles. The standard InChI is InChI=1S/C19H21N/c1-2-6-16(7-3-1)18-12-19(18)20-13-14-5-4-8-17(11-14)15-9-10-15/h1-8,11,15,18-20H,9-10,12-13H2. The molecule has 20 heavy (non-hydrogen) atoms. The summed E-state index contributed by atoms with van der Waals surface area (Å²) < 4.78 is 0. The van der Waals surface area contributed by atoms with Crippen molar-refractivity contribution >= 4 is 0 Å². The Morgan fingerprint density at radius 1 is 0.900 bits per heavy atom. The minimum absolute atomic E-state index is 0.669. The van der Waals surface area contributed by atoms with Crippen LogP contribution in [0.15, 0.2) is 54.6 Å². The second-order valence-corrected chi connectivity index (χ2v) is 6.26. The first-order valence-electron chi connectivity index (χ1n) is 7.77. The number of hydrogen-bond acceptors (Lipinski definition) is 1. The largest absolute Gasteiger partial charge is 0.309 e. The van der Waals surface area contributed by atoms with E-state index in [1.54, 1.807) is 5.56 Å². The molecule has 0 aliphatic heterocycles. The smallest absolute Gasteiger partial charge is 0.0208 e. The average Bonchev–Trinajstić information content (AvgIpc) is 3.40. The Morgan fingerprint density at radius 2 is 1.70 bits per heavy atom. The highest BCUT2D eigenvalue weighted by Crippen LogP contribution is 2.41. The fraction of sp³-hybridized carbons (Fsp3) is 0.368. The van der Waals surface area contributed by atoms with Crippen LogP contribution in [-0.4, -0.2) is 6.04 Å². The Bertz CT molecular complexity index is 586. The second-order valence-electron chi connectivity index (χ2n) is 6.26. The van der Waals surface area contributed by atoms with E-state index >= 15 is 0 Å². The molecule has 2 unspecified atom stereocenters. The van der Waals surface area contributed by atoms with Gasteiger partial charge in [-0.15, -0.1) is 0 Å². The SMILES string of the molecule is c1ccc(C2CC2NCc2cccc(C3CC3)c2)cc1. The lowest BCUT2D eigenvalue weighted by Crippen LogP contribution is -2.17. The number of rotatable bonds is 5. The van der Waals surface area contributed by atoms with Crippen LogP contribution in [-0.2, 0) is 6.54 Å². The maximum Gasteiger partial charge on any atom is 0.0208 e. The van der Waals surface area contributed by atoms with Crippen LogP contribution in [0.5, 0.6) is 0 Å². The molecule has 4 rings (SSSR count). The fourth-order valence-corrected chi connectivity index (χ4v) is 3.11. The van der Waals surface area contributed by atoms with Crippen molar-refractivity contribution in [3.05, 3.63) is 71.3 Å². The molecule has 1 nitrogen and oxygen atoms in total. The van der Waals surface area contributed by atoms with Gasteiger partial charge in [0.05, 0.1) is 0 Å². The molecule has 2 atom stereocenters. The molecule has 2 aliphatic carbocycles. The summed E-state index contributed by atoms with van der Waals surface area (Å²) in [5, 5.41) is 3.71. The average molecular weight is 263 g/mol. The molecule has 0 bridgehead atoms. The molecule has 0 aromatic heterocycles. The Kier molecular flexibility index (Phi) is 3.08. The van der Waals surface area contributed by atoms with Crippen molar-refractivity contribution in [2.75, 3.05) is 0 Å². The Labute approximate surface area is 121 Å². The van der Waals surface area contributed by atoms with Crippen LogP contribution in [0.3, 0.4) is 0 Å². The third-order valence-corrected chi connectivity index (χ3v) is 4.59. The van der Waals surface area contributed by atoms with Gasteiger partial charge in [-0.2, -0.15) is 0 Å². The summed E-state index contributed by atoms with van der Waals surface area (Å²) in [5.74, 6) is 1.58. The highest BCUT2D eigenvalue weighted by atomic mass is 15.0. The monoisotopic (exact) mass is 263 g/mol. The first kappa shape index (κ1) is 12.2. The summed E-state index contributed by atoms with van der Waals surface area (Å²) >= 11 is 0. The van der Waals surface area contributed by atoms with Crippen LogP contribution in [0.1, 0.15) is 47.8 Å². The van der Waals surface area contributed by atoms with Gasteiger partial charge in [0.25, 0.3) is 0 Å². The van der Waals surface area contributed by atoms with Crippen molar-refractivity contribution in [2.45, 2.75) is 43.7 Å². The maximum atomic E-state index is 3.71. The van der Waals surface area contributed by atoms with E-state index < -0.39 is 0 Å². The zero-order valence-corrected chi connectivity index (χ0v) is 11.8. The van der Waals surface area contributed by atoms with Gasteiger partial charge in [-0.1, -0.05) is 54.6 Å². The van der Waals surface area contributed by atoms with Gasteiger partial charge in [-0.25, -0.2) is 0 Å². The lowest BCUT2D eigenvalue weighted by atomic mass is 10.1. The van der Waals surface area contributed by atoms with Crippen LogP contribution in [0.2, 0.25) is 0 Å². The van der Waals surface area contributed by atoms with Crippen molar-refractivity contribution < 1.29 is 0 Å². The Morgan fingerprint density at radius 3 is 2.50 bits per heavy atom. The highest BCUT2D eigenvalue weighted by molar-refractivity contribution is 5.30. The van der Waals surface area contributed by atoms with Crippen molar-refractivity contribution in [2.24, 2.45) is 0 Å². The number of nitrogens with one attached hydrogen (secondary N) is 1. The quantitative estimate of drug-likeness (QED) is 0.852. The van der Waals surface area contributed by atoms with Crippen molar-refractivity contribution in [1.29, 1.82) is 0 Å². The van der Waals surface area contributed by atoms with E-state index in [0.29, 0.717) is 6.04 Å². The molecule has 102 valence electrons. The topological polar surface area (TPSA) is 12.0 Å². The Hall–Kier alpha value is -1.60. The van der Waals surface area contributed by atoms with Crippen LogP contribution in [0.4, 0.5) is 0 Å². The first-order chi connectivity index (χ1) is 9.90. The van der Waals surface area contributed by atoms with E-state index in [1.165, 1.54) is 30.4 Å². The van der Waals surface area contributed by atoms with Crippen molar-refractivity contribution in [3.63, 3.8) is 0 Å². The van der Waals surface area contributed by atoms with Crippen LogP contribution in [0, 0.1) is 0 Å². The molecule has 0 heterocycles. The number of benzene rings is 2. The highest BCUT2D eigenvalue weighted by Gasteiger charge is 2.37. The van der Waals surface area contributed by atoms with Gasteiger partial charge in [0, 0.05) is 18.5 Å². The van der Waals surface area contributed by atoms with E-state index in [2.05, 4.69) is 59.9 Å². The molecule has 2 aliphatic rings. The van der Waals surface area contributed by atoms with Gasteiger partial charge in [0.2, 0.25) is 0 Å². The van der Waals surface area contributed by atoms with E-state index in [9.17, 15) is 0 Å². The predicted molar refractivity (Wildman–Crippen MR) is 82.8 cm³/mol. The van der Waals surface area contributed by atoms with E-state index in [0.717, 1.165) is 18.4 Å². The minimum atomic E-state index is 0.669. The summed E-state index contributed by atoms with van der Waals surface area (Å²) in [4.78, 5) is 0. The lowest BCUT2D eigenvalue weighted by Gasteiger charge is -2.07. The summed E-state index contributed by atoms with van der Waals surface area (Å²) in [5.41, 5.74) is 4.46. The van der Waals surface area contributed by atoms with Crippen LogP contribution in [0.25, 0.3) is 0 Å². The molecule has 2 fully saturated rings. The molecule has 0 radical (unpaired) electrons. The molecular weight excluding hydrogens is 242 g/mol. The van der Waals surface area contributed by atoms with E-state index in [4.69, 9.17) is 0 Å². The Balaban J connectivity index is 1.34. The lowest BCUT2D eigenvalue weighted by molar-refractivity contribution is 0.672. The van der Waals surface area contributed by atoms with Gasteiger partial charge in [-0.05, 0) is 41.9 Å². The number of hydrogen-bond donors (Lipinski definition) is 1. The molecule has 2 saturated carbocycles. The molecule has 0 spiro atoms. The molecule has 1 heteroatoms. The summed E-state index contributed by atoms with van der Waals surface area (Å²) in [6.07, 6.45) is 4.05. The third kappa shape index (κ3) is 2.64. The van der Waals surface area contributed by atoms with Gasteiger partial charge in [0.15, 0.2) is 0 Å². The molecule has 1 N–H and O–H groups in total. The van der Waals surface area contributed by atoms with Gasteiger partial charge < -0.3 is 5.32 Å². The van der Waals surface area contributed by atoms with Crippen molar-refractivity contribution in [3.8, 4) is 0 Å². The van der Waals surface area contributed by atoms with Gasteiger partial charge >= 0.3 is 0 Å².